The van der Waals surface area contributed by atoms with Crippen LogP contribution in [-0.2, 0) is 0 Å². The molecule has 3 rings (SSSR count). The number of nitrogens with one attached hydrogen (secondary N) is 1. The molecule has 0 spiro atoms. The van der Waals surface area contributed by atoms with Crippen LogP contribution in [0, 0.1) is 18.3 Å². The van der Waals surface area contributed by atoms with Crippen molar-refractivity contribution in [1.29, 1.82) is 5.26 Å². The molecule has 3 aromatic rings. The zero-order chi connectivity index (χ0) is 18.7. The third-order valence-corrected chi connectivity index (χ3v) is 5.17. The molecule has 1 amide bonds. The normalized spacial score (nSPS) is 12.1. The maximum absolute atomic E-state index is 12.8. The number of amides is 1. The fourth-order valence-electron chi connectivity index (χ4n) is 2.86. The summed E-state index contributed by atoms with van der Waals surface area (Å²) in [5.74, 6) is 0.493. The van der Waals surface area contributed by atoms with E-state index in [1.807, 2.05) is 37.7 Å². The van der Waals surface area contributed by atoms with Gasteiger partial charge in [-0.1, -0.05) is 6.07 Å². The van der Waals surface area contributed by atoms with Crippen LogP contribution in [0.2, 0.25) is 0 Å². The van der Waals surface area contributed by atoms with Gasteiger partial charge in [0.2, 0.25) is 5.88 Å². The number of furan rings is 1. The average molecular weight is 368 g/mol. The van der Waals surface area contributed by atoms with Gasteiger partial charge in [-0.25, -0.2) is 0 Å². The minimum absolute atomic E-state index is 0.0700. The molecule has 0 radical (unpaired) electrons. The second-order valence-electron chi connectivity index (χ2n) is 6.12. The first-order valence-corrected chi connectivity index (χ1v) is 9.05. The Balaban J connectivity index is 1.83. The predicted molar refractivity (Wildman–Crippen MR) is 101 cm³/mol. The van der Waals surface area contributed by atoms with Crippen LogP contribution < -0.4 is 5.32 Å². The summed E-state index contributed by atoms with van der Waals surface area (Å²) in [6.45, 7) is 2.14. The number of carbonyl (C=O) groups is 1. The van der Waals surface area contributed by atoms with Crippen LogP contribution in [0.1, 0.15) is 32.6 Å². The minimum Gasteiger partial charge on any atom is -0.443 e. The fraction of sp³-hybridized carbons (Fsp3) is 0.263. The Hall–Kier alpha value is -2.82. The summed E-state index contributed by atoms with van der Waals surface area (Å²) in [5, 5.41) is 14.5. The number of rotatable bonds is 6. The van der Waals surface area contributed by atoms with Gasteiger partial charge in [-0.05, 0) is 44.6 Å². The topological polar surface area (TPSA) is 74.2 Å². The third-order valence-electron chi connectivity index (χ3n) is 4.19. The molecule has 3 heterocycles. The quantitative estimate of drug-likeness (QED) is 0.724. The van der Waals surface area contributed by atoms with E-state index in [4.69, 9.17) is 4.42 Å². The molecular formula is C19H20N4O2S. The highest BCUT2D eigenvalue weighted by Gasteiger charge is 2.25. The molecule has 0 aromatic carbocycles. The Bertz CT molecular complexity index is 918. The van der Waals surface area contributed by atoms with Crippen molar-refractivity contribution >= 4 is 17.2 Å². The Morgan fingerprint density at radius 2 is 2.12 bits per heavy atom. The van der Waals surface area contributed by atoms with Crippen LogP contribution in [0.5, 0.6) is 0 Å². The monoisotopic (exact) mass is 368 g/mol. The zero-order valence-electron chi connectivity index (χ0n) is 14.9. The summed E-state index contributed by atoms with van der Waals surface area (Å²) >= 11 is 1.65. The van der Waals surface area contributed by atoms with Crippen molar-refractivity contribution in [3.05, 3.63) is 63.8 Å². The molecule has 134 valence electrons. The lowest BCUT2D eigenvalue weighted by molar-refractivity contribution is 0.0940. The van der Waals surface area contributed by atoms with Crippen molar-refractivity contribution in [2.24, 2.45) is 0 Å². The number of carbonyl (C=O) groups excluding carboxylic acids is 1. The van der Waals surface area contributed by atoms with E-state index in [1.54, 1.807) is 35.2 Å². The number of aromatic nitrogens is 1. The van der Waals surface area contributed by atoms with Gasteiger partial charge in [0.15, 0.2) is 0 Å². The van der Waals surface area contributed by atoms with E-state index >= 15 is 0 Å². The van der Waals surface area contributed by atoms with E-state index in [-0.39, 0.29) is 17.5 Å². The maximum Gasteiger partial charge on any atom is 0.256 e. The van der Waals surface area contributed by atoms with Gasteiger partial charge in [-0.15, -0.1) is 11.3 Å². The SMILES string of the molecule is Cc1oc(-n2cccc2)c(C#N)c1C(=O)NCC(c1cccs1)N(C)C. The summed E-state index contributed by atoms with van der Waals surface area (Å²) < 4.78 is 7.39. The standard InChI is InChI=1S/C19H20N4O2S/c1-13-17(14(11-20)19(25-13)23-8-4-5-9-23)18(24)21-12-15(22(2)3)16-7-6-10-26-16/h4-10,15H,12H2,1-3H3,(H,21,24). The van der Waals surface area contributed by atoms with Crippen molar-refractivity contribution in [1.82, 2.24) is 14.8 Å². The lowest BCUT2D eigenvalue weighted by atomic mass is 10.1. The van der Waals surface area contributed by atoms with Crippen molar-refractivity contribution in [2.45, 2.75) is 13.0 Å². The van der Waals surface area contributed by atoms with E-state index in [2.05, 4.69) is 22.4 Å². The summed E-state index contributed by atoms with van der Waals surface area (Å²) in [7, 11) is 3.95. The van der Waals surface area contributed by atoms with Crippen molar-refractivity contribution in [3.63, 3.8) is 0 Å². The molecule has 0 saturated carbocycles. The molecule has 26 heavy (non-hydrogen) atoms. The van der Waals surface area contributed by atoms with Gasteiger partial charge in [0.25, 0.3) is 5.91 Å². The molecule has 0 aliphatic carbocycles. The molecular weight excluding hydrogens is 348 g/mol. The number of hydrogen-bond acceptors (Lipinski definition) is 5. The number of likely N-dealkylation sites (N-methyl/N-ethyl adjacent to an activating group) is 1. The molecule has 1 unspecified atom stereocenters. The van der Waals surface area contributed by atoms with E-state index < -0.39 is 0 Å². The highest BCUT2D eigenvalue weighted by Crippen LogP contribution is 2.26. The Kier molecular flexibility index (Phi) is 5.26. The van der Waals surface area contributed by atoms with Crippen LogP contribution in [0.25, 0.3) is 5.88 Å². The molecule has 0 bridgehead atoms. The number of aryl methyl sites for hydroxylation is 1. The molecule has 1 N–H and O–H groups in total. The van der Waals surface area contributed by atoms with Gasteiger partial charge >= 0.3 is 0 Å². The molecule has 1 atom stereocenters. The first kappa shape index (κ1) is 18.0. The molecule has 6 nitrogen and oxygen atoms in total. The lowest BCUT2D eigenvalue weighted by Crippen LogP contribution is -2.34. The highest BCUT2D eigenvalue weighted by atomic mass is 32.1. The van der Waals surface area contributed by atoms with Gasteiger partial charge in [-0.2, -0.15) is 5.26 Å². The van der Waals surface area contributed by atoms with Crippen LogP contribution in [0.3, 0.4) is 0 Å². The summed E-state index contributed by atoms with van der Waals surface area (Å²) in [4.78, 5) is 16.0. The van der Waals surface area contributed by atoms with E-state index in [1.165, 1.54) is 4.88 Å². The highest BCUT2D eigenvalue weighted by molar-refractivity contribution is 7.10. The first-order valence-electron chi connectivity index (χ1n) is 8.17. The van der Waals surface area contributed by atoms with Gasteiger partial charge in [-0.3, -0.25) is 9.36 Å². The molecule has 0 aliphatic rings. The second-order valence-corrected chi connectivity index (χ2v) is 7.10. The largest absolute Gasteiger partial charge is 0.443 e. The van der Waals surface area contributed by atoms with Gasteiger partial charge in [0.05, 0.1) is 6.04 Å². The summed E-state index contributed by atoms with van der Waals surface area (Å²) in [6, 6.07) is 9.89. The number of nitrogens with zero attached hydrogens (tertiary/aromatic N) is 3. The van der Waals surface area contributed by atoms with Crippen LogP contribution >= 0.6 is 11.3 Å². The van der Waals surface area contributed by atoms with E-state index in [0.717, 1.165) is 0 Å². The number of hydrogen-bond donors (Lipinski definition) is 1. The molecule has 0 saturated heterocycles. The number of nitriles is 1. The Labute approximate surface area is 156 Å². The average Bonchev–Trinajstić information content (AvgIpc) is 3.35. The molecule has 0 aliphatic heterocycles. The number of thiophene rings is 1. The van der Waals surface area contributed by atoms with Crippen molar-refractivity contribution in [3.8, 4) is 12.0 Å². The Morgan fingerprint density at radius 3 is 2.69 bits per heavy atom. The lowest BCUT2D eigenvalue weighted by Gasteiger charge is -2.23. The van der Waals surface area contributed by atoms with Gasteiger partial charge in [0, 0.05) is 23.8 Å². The molecule has 7 heteroatoms. The molecule has 0 fully saturated rings. The molecule has 3 aromatic heterocycles. The first-order chi connectivity index (χ1) is 12.5. The van der Waals surface area contributed by atoms with Crippen molar-refractivity contribution < 1.29 is 9.21 Å². The third kappa shape index (κ3) is 3.43. The van der Waals surface area contributed by atoms with Gasteiger partial charge in [0.1, 0.15) is 23.0 Å². The van der Waals surface area contributed by atoms with Crippen LogP contribution in [0.4, 0.5) is 0 Å². The van der Waals surface area contributed by atoms with Gasteiger partial charge < -0.3 is 14.6 Å². The minimum atomic E-state index is -0.301. The van der Waals surface area contributed by atoms with E-state index in [0.29, 0.717) is 23.8 Å². The fourth-order valence-corrected chi connectivity index (χ4v) is 3.78. The van der Waals surface area contributed by atoms with Crippen LogP contribution in [0.15, 0.2) is 46.5 Å². The van der Waals surface area contributed by atoms with Crippen molar-refractivity contribution in [2.75, 3.05) is 20.6 Å². The zero-order valence-corrected chi connectivity index (χ0v) is 15.7. The maximum atomic E-state index is 12.8. The predicted octanol–water partition coefficient (Wildman–Crippen LogP) is 3.34. The Morgan fingerprint density at radius 1 is 1.38 bits per heavy atom. The second kappa shape index (κ2) is 7.60. The summed E-state index contributed by atoms with van der Waals surface area (Å²) in [6.07, 6.45) is 3.55. The van der Waals surface area contributed by atoms with E-state index in [9.17, 15) is 10.1 Å². The summed E-state index contributed by atoms with van der Waals surface area (Å²) in [5.41, 5.74) is 0.536. The smallest absolute Gasteiger partial charge is 0.256 e. The van der Waals surface area contributed by atoms with Crippen LogP contribution in [-0.4, -0.2) is 36.0 Å².